The molecule has 1 heterocycles. The van der Waals surface area contributed by atoms with Crippen LogP contribution in [0, 0.1) is 6.92 Å². The van der Waals surface area contributed by atoms with Crippen molar-refractivity contribution in [1.29, 1.82) is 0 Å². The number of esters is 1. The van der Waals surface area contributed by atoms with Crippen molar-refractivity contribution in [3.8, 4) is 5.69 Å². The van der Waals surface area contributed by atoms with Crippen LogP contribution in [0.25, 0.3) is 5.69 Å². The lowest BCUT2D eigenvalue weighted by molar-refractivity contribution is -0.155. The van der Waals surface area contributed by atoms with E-state index in [4.69, 9.17) is 4.74 Å². The van der Waals surface area contributed by atoms with Crippen molar-refractivity contribution in [3.05, 3.63) is 58.0 Å². The highest BCUT2D eigenvalue weighted by atomic mass is 16.6. The number of aryl methyl sites for hydroxylation is 1. The minimum absolute atomic E-state index is 0.245. The van der Waals surface area contributed by atoms with E-state index in [0.717, 1.165) is 10.6 Å². The first-order valence-electron chi connectivity index (χ1n) is 8.22. The van der Waals surface area contributed by atoms with E-state index < -0.39 is 22.9 Å². The molecule has 0 saturated carbocycles. The van der Waals surface area contributed by atoms with Crippen LogP contribution in [0.2, 0.25) is 0 Å². The van der Waals surface area contributed by atoms with Gasteiger partial charge in [-0.25, -0.2) is 4.68 Å². The van der Waals surface area contributed by atoms with Crippen LogP contribution in [0.1, 0.15) is 37.0 Å². The van der Waals surface area contributed by atoms with Gasteiger partial charge in [-0.3, -0.25) is 14.4 Å². The number of benzene rings is 1. The SMILES string of the molecule is Cc1cc(=O)c(C(=O)N(C)CC(=O)OC(C)(C)C)nn1-c1ccccc1. The molecule has 0 unspecified atom stereocenters. The van der Waals surface area contributed by atoms with Gasteiger partial charge in [-0.2, -0.15) is 5.10 Å². The number of ether oxygens (including phenoxy) is 1. The summed E-state index contributed by atoms with van der Waals surface area (Å²) in [5.41, 5.74) is -0.0500. The molecule has 138 valence electrons. The van der Waals surface area contributed by atoms with E-state index in [1.165, 1.54) is 17.8 Å². The largest absolute Gasteiger partial charge is 0.459 e. The highest BCUT2D eigenvalue weighted by Crippen LogP contribution is 2.10. The predicted octanol–water partition coefficient (Wildman–Crippen LogP) is 1.95. The second-order valence-electron chi connectivity index (χ2n) is 6.99. The van der Waals surface area contributed by atoms with Crippen molar-refractivity contribution in [2.75, 3.05) is 13.6 Å². The molecular formula is C19H23N3O4. The molecule has 0 fully saturated rings. The van der Waals surface area contributed by atoms with Crippen molar-refractivity contribution in [2.45, 2.75) is 33.3 Å². The van der Waals surface area contributed by atoms with Gasteiger partial charge in [-0.15, -0.1) is 0 Å². The fourth-order valence-electron chi connectivity index (χ4n) is 2.35. The quantitative estimate of drug-likeness (QED) is 0.781. The molecule has 2 rings (SSSR count). The van der Waals surface area contributed by atoms with Crippen molar-refractivity contribution in [2.24, 2.45) is 0 Å². The zero-order valence-corrected chi connectivity index (χ0v) is 15.6. The number of hydrogen-bond donors (Lipinski definition) is 0. The van der Waals surface area contributed by atoms with Gasteiger partial charge in [0.25, 0.3) is 5.91 Å². The molecule has 2 aromatic rings. The lowest BCUT2D eigenvalue weighted by Gasteiger charge is -2.22. The zero-order chi connectivity index (χ0) is 19.5. The predicted molar refractivity (Wildman–Crippen MR) is 97.4 cm³/mol. The van der Waals surface area contributed by atoms with Crippen molar-refractivity contribution in [1.82, 2.24) is 14.7 Å². The van der Waals surface area contributed by atoms with E-state index in [1.807, 2.05) is 30.3 Å². The molecule has 1 aromatic carbocycles. The topological polar surface area (TPSA) is 81.5 Å². The fraction of sp³-hybridized carbons (Fsp3) is 0.368. The Hall–Kier alpha value is -2.96. The second-order valence-corrected chi connectivity index (χ2v) is 6.99. The number of carbonyl (C=O) groups is 2. The molecule has 1 amide bonds. The van der Waals surface area contributed by atoms with Crippen LogP contribution in [0.5, 0.6) is 0 Å². The number of nitrogens with zero attached hydrogens (tertiary/aromatic N) is 3. The molecule has 26 heavy (non-hydrogen) atoms. The van der Waals surface area contributed by atoms with Gasteiger partial charge in [0.05, 0.1) is 5.69 Å². The van der Waals surface area contributed by atoms with Crippen molar-refractivity contribution in [3.63, 3.8) is 0 Å². The number of aromatic nitrogens is 2. The third-order valence-corrected chi connectivity index (χ3v) is 3.44. The van der Waals surface area contributed by atoms with Crippen molar-refractivity contribution >= 4 is 11.9 Å². The molecule has 0 spiro atoms. The molecule has 0 aliphatic heterocycles. The Morgan fingerprint density at radius 1 is 1.19 bits per heavy atom. The van der Waals surface area contributed by atoms with Gasteiger partial charge in [0.1, 0.15) is 12.1 Å². The molecule has 7 heteroatoms. The molecule has 7 nitrogen and oxygen atoms in total. The Labute approximate surface area is 152 Å². The Morgan fingerprint density at radius 3 is 2.38 bits per heavy atom. The minimum Gasteiger partial charge on any atom is -0.459 e. The van der Waals surface area contributed by atoms with Crippen LogP contribution >= 0.6 is 0 Å². The van der Waals surface area contributed by atoms with E-state index in [2.05, 4.69) is 5.10 Å². The molecule has 0 N–H and O–H groups in total. The molecule has 0 radical (unpaired) electrons. The molecule has 1 aromatic heterocycles. The highest BCUT2D eigenvalue weighted by Gasteiger charge is 2.23. The van der Waals surface area contributed by atoms with Gasteiger partial charge >= 0.3 is 5.97 Å². The van der Waals surface area contributed by atoms with E-state index in [-0.39, 0.29) is 12.2 Å². The lowest BCUT2D eigenvalue weighted by atomic mass is 10.2. The van der Waals surface area contributed by atoms with Gasteiger partial charge < -0.3 is 9.64 Å². The van der Waals surface area contributed by atoms with Gasteiger partial charge in [-0.05, 0) is 39.8 Å². The van der Waals surface area contributed by atoms with Gasteiger partial charge in [0.15, 0.2) is 5.69 Å². The Kier molecular flexibility index (Phi) is 5.59. The summed E-state index contributed by atoms with van der Waals surface area (Å²) in [6.07, 6.45) is 0. The maximum absolute atomic E-state index is 12.6. The Balaban J connectivity index is 2.29. The molecule has 0 bridgehead atoms. The maximum atomic E-state index is 12.6. The molecule has 0 atom stereocenters. The molecule has 0 saturated heterocycles. The Bertz CT molecular complexity index is 867. The minimum atomic E-state index is -0.650. The number of rotatable bonds is 4. The first kappa shape index (κ1) is 19.4. The van der Waals surface area contributed by atoms with Gasteiger partial charge in [0.2, 0.25) is 5.43 Å². The molecule has 0 aliphatic rings. The summed E-state index contributed by atoms with van der Waals surface area (Å²) in [7, 11) is 1.43. The summed E-state index contributed by atoms with van der Waals surface area (Å²) in [6, 6.07) is 10.5. The summed E-state index contributed by atoms with van der Waals surface area (Å²) in [5.74, 6) is -1.19. The third-order valence-electron chi connectivity index (χ3n) is 3.44. The first-order chi connectivity index (χ1) is 12.1. The smallest absolute Gasteiger partial charge is 0.326 e. The van der Waals surface area contributed by atoms with Crippen molar-refractivity contribution < 1.29 is 14.3 Å². The van der Waals surface area contributed by atoms with Crippen LogP contribution in [-0.2, 0) is 9.53 Å². The first-order valence-corrected chi connectivity index (χ1v) is 8.22. The van der Waals surface area contributed by atoms with E-state index in [1.54, 1.807) is 27.7 Å². The molecular weight excluding hydrogens is 334 g/mol. The van der Waals surface area contributed by atoms with E-state index >= 15 is 0 Å². The summed E-state index contributed by atoms with van der Waals surface area (Å²) in [6.45, 7) is 6.70. The lowest BCUT2D eigenvalue weighted by Crippen LogP contribution is -2.39. The number of hydrogen-bond acceptors (Lipinski definition) is 5. The van der Waals surface area contributed by atoms with Crippen LogP contribution < -0.4 is 5.43 Å². The zero-order valence-electron chi connectivity index (χ0n) is 15.6. The number of likely N-dealkylation sites (N-methyl/N-ethyl adjacent to an activating group) is 1. The second kappa shape index (κ2) is 7.51. The van der Waals surface area contributed by atoms with Gasteiger partial charge in [0, 0.05) is 18.8 Å². The van der Waals surface area contributed by atoms with Gasteiger partial charge in [-0.1, -0.05) is 18.2 Å². The monoisotopic (exact) mass is 357 g/mol. The average Bonchev–Trinajstić information content (AvgIpc) is 2.53. The normalized spacial score (nSPS) is 11.1. The van der Waals surface area contributed by atoms with Crippen LogP contribution in [0.4, 0.5) is 0 Å². The summed E-state index contributed by atoms with van der Waals surface area (Å²) in [5, 5.41) is 4.21. The van der Waals surface area contributed by atoms with E-state index in [0.29, 0.717) is 5.69 Å². The van der Waals surface area contributed by atoms with Crippen LogP contribution in [0.15, 0.2) is 41.2 Å². The fourth-order valence-corrected chi connectivity index (χ4v) is 2.35. The number of amides is 1. The number of carbonyl (C=O) groups excluding carboxylic acids is 2. The number of para-hydroxylation sites is 1. The van der Waals surface area contributed by atoms with E-state index in [9.17, 15) is 14.4 Å². The molecule has 0 aliphatic carbocycles. The standard InChI is InChI=1S/C19H23N3O4/c1-13-11-15(23)17(20-22(13)14-9-7-6-8-10-14)18(25)21(5)12-16(24)26-19(2,3)4/h6-11H,12H2,1-5H3. The average molecular weight is 357 g/mol. The van der Waals surface area contributed by atoms with Crippen LogP contribution in [0.3, 0.4) is 0 Å². The summed E-state index contributed by atoms with van der Waals surface area (Å²) >= 11 is 0. The Morgan fingerprint density at radius 2 is 1.81 bits per heavy atom. The van der Waals surface area contributed by atoms with Crippen LogP contribution in [-0.4, -0.2) is 45.8 Å². The third kappa shape index (κ3) is 4.78. The maximum Gasteiger partial charge on any atom is 0.326 e. The summed E-state index contributed by atoms with van der Waals surface area (Å²) in [4.78, 5) is 37.9. The highest BCUT2D eigenvalue weighted by molar-refractivity contribution is 5.93. The summed E-state index contributed by atoms with van der Waals surface area (Å²) < 4.78 is 6.72.